The first-order valence-electron chi connectivity index (χ1n) is 5.84. The number of nitrogens with zero attached hydrogens (tertiary/aromatic N) is 2. The van der Waals surface area contributed by atoms with E-state index in [4.69, 9.17) is 4.74 Å². The summed E-state index contributed by atoms with van der Waals surface area (Å²) in [6, 6.07) is 4.46. The molecule has 1 aliphatic heterocycles. The van der Waals surface area contributed by atoms with E-state index >= 15 is 0 Å². The van der Waals surface area contributed by atoms with E-state index in [-0.39, 0.29) is 22.2 Å². The number of amides is 1. The number of carbonyl (C=O) groups is 1. The maximum absolute atomic E-state index is 12.4. The van der Waals surface area contributed by atoms with Crippen LogP contribution in [0.5, 0.6) is 0 Å². The normalized spacial score (nSPS) is 19.3. The zero-order valence-corrected chi connectivity index (χ0v) is 11.9. The first kappa shape index (κ1) is 14.0. The maximum atomic E-state index is 12.4. The highest BCUT2D eigenvalue weighted by Crippen LogP contribution is 2.29. The van der Waals surface area contributed by atoms with E-state index in [1.807, 2.05) is 6.92 Å². The number of nitro benzene ring substituents is 1. The largest absolute Gasteiger partial charge is 0.375 e. The van der Waals surface area contributed by atoms with Crippen LogP contribution in [0.2, 0.25) is 0 Å². The molecule has 0 bridgehead atoms. The van der Waals surface area contributed by atoms with Crippen LogP contribution in [0.15, 0.2) is 22.7 Å². The number of halogens is 1. The monoisotopic (exact) mass is 328 g/mol. The van der Waals surface area contributed by atoms with Crippen molar-refractivity contribution in [2.24, 2.45) is 0 Å². The first-order chi connectivity index (χ1) is 9.00. The highest BCUT2D eigenvalue weighted by atomic mass is 79.9. The molecule has 1 aromatic carbocycles. The molecule has 1 atom stereocenters. The average molecular weight is 329 g/mol. The minimum atomic E-state index is -0.511. The predicted molar refractivity (Wildman–Crippen MR) is 72.1 cm³/mol. The molecular formula is C12H13BrN2O4. The minimum Gasteiger partial charge on any atom is -0.375 e. The third-order valence-electron chi connectivity index (χ3n) is 2.93. The number of nitro groups is 1. The topological polar surface area (TPSA) is 72.7 Å². The molecule has 0 N–H and O–H groups in total. The zero-order chi connectivity index (χ0) is 14.0. The molecule has 1 aromatic rings. The Morgan fingerprint density at radius 2 is 2.32 bits per heavy atom. The van der Waals surface area contributed by atoms with Gasteiger partial charge in [0.15, 0.2) is 0 Å². The van der Waals surface area contributed by atoms with E-state index in [9.17, 15) is 14.9 Å². The third-order valence-corrected chi connectivity index (χ3v) is 3.77. The van der Waals surface area contributed by atoms with Gasteiger partial charge >= 0.3 is 0 Å². The molecule has 6 nitrogen and oxygen atoms in total. The van der Waals surface area contributed by atoms with Crippen molar-refractivity contribution in [2.45, 2.75) is 13.0 Å². The van der Waals surface area contributed by atoms with E-state index in [1.54, 1.807) is 11.0 Å². The van der Waals surface area contributed by atoms with Gasteiger partial charge in [-0.05, 0) is 28.9 Å². The molecular weight excluding hydrogens is 316 g/mol. The molecule has 0 aromatic heterocycles. The number of hydrogen-bond donors (Lipinski definition) is 0. The molecule has 0 saturated carbocycles. The Kier molecular flexibility index (Phi) is 4.16. The molecule has 1 saturated heterocycles. The van der Waals surface area contributed by atoms with Crippen LogP contribution in [0.4, 0.5) is 5.69 Å². The van der Waals surface area contributed by atoms with Crippen LogP contribution >= 0.6 is 15.9 Å². The molecule has 2 rings (SSSR count). The van der Waals surface area contributed by atoms with Crippen molar-refractivity contribution in [1.29, 1.82) is 0 Å². The SMILES string of the molecule is C[C@@H]1CN(C(=O)c2cccc([N+](=O)[O-])c2Br)CCO1. The number of carbonyl (C=O) groups excluding carboxylic acids is 1. The van der Waals surface area contributed by atoms with Gasteiger partial charge in [-0.25, -0.2) is 0 Å². The van der Waals surface area contributed by atoms with Crippen molar-refractivity contribution >= 4 is 27.5 Å². The summed E-state index contributed by atoms with van der Waals surface area (Å²) in [4.78, 5) is 24.4. The van der Waals surface area contributed by atoms with Gasteiger partial charge in [0.25, 0.3) is 11.6 Å². The molecule has 1 fully saturated rings. The summed E-state index contributed by atoms with van der Waals surface area (Å²) in [5.41, 5.74) is 0.204. The number of ether oxygens (including phenoxy) is 1. The van der Waals surface area contributed by atoms with Crippen LogP contribution in [-0.2, 0) is 4.74 Å². The van der Waals surface area contributed by atoms with Gasteiger partial charge in [0.2, 0.25) is 0 Å². The zero-order valence-electron chi connectivity index (χ0n) is 10.3. The van der Waals surface area contributed by atoms with Crippen molar-refractivity contribution in [3.8, 4) is 0 Å². The molecule has 1 amide bonds. The van der Waals surface area contributed by atoms with E-state index in [0.29, 0.717) is 25.3 Å². The second-order valence-electron chi connectivity index (χ2n) is 4.33. The molecule has 7 heteroatoms. The fourth-order valence-electron chi connectivity index (χ4n) is 2.00. The fourth-order valence-corrected chi connectivity index (χ4v) is 2.58. The molecule has 1 heterocycles. The van der Waals surface area contributed by atoms with E-state index in [1.165, 1.54) is 12.1 Å². The van der Waals surface area contributed by atoms with Crippen molar-refractivity contribution in [2.75, 3.05) is 19.7 Å². The summed E-state index contributed by atoms with van der Waals surface area (Å²) in [5.74, 6) is -0.217. The van der Waals surface area contributed by atoms with Gasteiger partial charge in [-0.2, -0.15) is 0 Å². The lowest BCUT2D eigenvalue weighted by Crippen LogP contribution is -2.44. The number of benzene rings is 1. The average Bonchev–Trinajstić information content (AvgIpc) is 2.38. The molecule has 0 radical (unpaired) electrons. The van der Waals surface area contributed by atoms with Crippen LogP contribution in [-0.4, -0.2) is 41.5 Å². The van der Waals surface area contributed by atoms with Crippen LogP contribution in [0.1, 0.15) is 17.3 Å². The molecule has 0 unspecified atom stereocenters. The molecule has 0 aliphatic carbocycles. The lowest BCUT2D eigenvalue weighted by atomic mass is 10.1. The number of rotatable bonds is 2. The Bertz CT molecular complexity index is 520. The smallest absolute Gasteiger partial charge is 0.284 e. The van der Waals surface area contributed by atoms with E-state index in [2.05, 4.69) is 15.9 Å². The Morgan fingerprint density at radius 1 is 1.58 bits per heavy atom. The minimum absolute atomic E-state index is 0.0184. The van der Waals surface area contributed by atoms with Gasteiger partial charge in [0, 0.05) is 19.2 Å². The van der Waals surface area contributed by atoms with Gasteiger partial charge in [-0.3, -0.25) is 14.9 Å². The lowest BCUT2D eigenvalue weighted by molar-refractivity contribution is -0.385. The maximum Gasteiger partial charge on any atom is 0.284 e. The van der Waals surface area contributed by atoms with Crippen molar-refractivity contribution in [1.82, 2.24) is 4.90 Å². The van der Waals surface area contributed by atoms with Gasteiger partial charge in [-0.1, -0.05) is 6.07 Å². The van der Waals surface area contributed by atoms with Crippen molar-refractivity contribution in [3.05, 3.63) is 38.3 Å². The number of hydrogen-bond acceptors (Lipinski definition) is 4. The second-order valence-corrected chi connectivity index (χ2v) is 5.12. The number of morpholine rings is 1. The van der Waals surface area contributed by atoms with Crippen LogP contribution in [0.3, 0.4) is 0 Å². The quantitative estimate of drug-likeness (QED) is 0.616. The van der Waals surface area contributed by atoms with Gasteiger partial charge in [-0.15, -0.1) is 0 Å². The summed E-state index contributed by atoms with van der Waals surface area (Å²) in [5, 5.41) is 10.9. The molecule has 1 aliphatic rings. The highest BCUT2D eigenvalue weighted by Gasteiger charge is 2.26. The molecule has 19 heavy (non-hydrogen) atoms. The van der Waals surface area contributed by atoms with Crippen LogP contribution in [0.25, 0.3) is 0 Å². The lowest BCUT2D eigenvalue weighted by Gasteiger charge is -2.31. The van der Waals surface area contributed by atoms with Gasteiger partial charge < -0.3 is 9.64 Å². The van der Waals surface area contributed by atoms with Crippen molar-refractivity contribution in [3.63, 3.8) is 0 Å². The van der Waals surface area contributed by atoms with Crippen molar-refractivity contribution < 1.29 is 14.5 Å². The first-order valence-corrected chi connectivity index (χ1v) is 6.63. The van der Waals surface area contributed by atoms with E-state index < -0.39 is 4.92 Å². The molecule has 102 valence electrons. The summed E-state index contributed by atoms with van der Waals surface area (Å²) in [6.07, 6.45) is -0.0184. The second kappa shape index (κ2) is 5.66. The predicted octanol–water partition coefficient (Wildman–Crippen LogP) is 2.22. The highest BCUT2D eigenvalue weighted by molar-refractivity contribution is 9.10. The van der Waals surface area contributed by atoms with Crippen LogP contribution in [0, 0.1) is 10.1 Å². The summed E-state index contributed by atoms with van der Waals surface area (Å²) < 4.78 is 5.60. The Hall–Kier alpha value is -1.47. The summed E-state index contributed by atoms with van der Waals surface area (Å²) in [6.45, 7) is 3.37. The fraction of sp³-hybridized carbons (Fsp3) is 0.417. The van der Waals surface area contributed by atoms with E-state index in [0.717, 1.165) is 0 Å². The Morgan fingerprint density at radius 3 is 2.95 bits per heavy atom. The summed E-state index contributed by atoms with van der Waals surface area (Å²) >= 11 is 3.14. The van der Waals surface area contributed by atoms with Crippen LogP contribution < -0.4 is 0 Å². The third kappa shape index (κ3) is 2.93. The standard InChI is InChI=1S/C12H13BrN2O4/c1-8-7-14(5-6-19-8)12(16)9-3-2-4-10(11(9)13)15(17)18/h2-4,8H,5-7H2,1H3/t8-/m1/s1. The summed E-state index contributed by atoms with van der Waals surface area (Å²) in [7, 11) is 0. The van der Waals surface area contributed by atoms with Gasteiger partial charge in [0.05, 0.1) is 23.2 Å². The van der Waals surface area contributed by atoms with Gasteiger partial charge in [0.1, 0.15) is 4.47 Å². The Balaban J connectivity index is 2.28. The molecule has 0 spiro atoms. The Labute approximate surface area is 118 Å².